The molecule has 27 heavy (non-hydrogen) atoms. The Balaban J connectivity index is 2.63. The van der Waals surface area contributed by atoms with Crippen LogP contribution in [0.25, 0.3) is 0 Å². The first-order valence-electron chi connectivity index (χ1n) is 8.50. The summed E-state index contributed by atoms with van der Waals surface area (Å²) in [7, 11) is -2.57. The molecule has 9 heteroatoms. The van der Waals surface area contributed by atoms with Crippen LogP contribution in [0.3, 0.4) is 0 Å². The van der Waals surface area contributed by atoms with Gasteiger partial charge in [0.1, 0.15) is 23.6 Å². The second-order valence-corrected chi connectivity index (χ2v) is 9.11. The van der Waals surface area contributed by atoms with E-state index in [-0.39, 0.29) is 12.6 Å². The molecule has 0 atom stereocenters. The van der Waals surface area contributed by atoms with Crippen molar-refractivity contribution >= 4 is 27.6 Å². The Hall–Kier alpha value is -2.29. The number of carbonyl (C=O) groups excluding carboxylic acids is 2. The van der Waals surface area contributed by atoms with Crippen molar-refractivity contribution in [2.75, 3.05) is 24.1 Å². The lowest BCUT2D eigenvalue weighted by atomic mass is 10.2. The minimum atomic E-state index is -3.92. The number of amides is 1. The Morgan fingerprint density at radius 3 is 2.19 bits per heavy atom. The number of ether oxygens (including phenoxy) is 2. The fourth-order valence-corrected chi connectivity index (χ4v) is 3.13. The van der Waals surface area contributed by atoms with Crippen molar-refractivity contribution in [3.8, 4) is 5.75 Å². The molecule has 0 aliphatic carbocycles. The molecule has 0 unspecified atom stereocenters. The summed E-state index contributed by atoms with van der Waals surface area (Å²) in [5, 5.41) is 0. The van der Waals surface area contributed by atoms with Crippen molar-refractivity contribution in [2.45, 2.75) is 46.3 Å². The van der Waals surface area contributed by atoms with Crippen LogP contribution in [0.5, 0.6) is 5.75 Å². The first kappa shape index (κ1) is 22.8. The number of hydrogen-bond acceptors (Lipinski definition) is 6. The fraction of sp³-hybridized carbons (Fsp3) is 0.556. The van der Waals surface area contributed by atoms with E-state index in [1.165, 1.54) is 7.05 Å². The van der Waals surface area contributed by atoms with Crippen LogP contribution in [0.4, 0.5) is 5.69 Å². The monoisotopic (exact) mass is 400 g/mol. The largest absolute Gasteiger partial charge is 0.491 e. The number of carbonyl (C=O) groups is 2. The number of esters is 1. The molecule has 0 aliphatic rings. The lowest BCUT2D eigenvalue weighted by Gasteiger charge is -2.22. The maximum Gasteiger partial charge on any atom is 0.326 e. The lowest BCUT2D eigenvalue weighted by Crippen LogP contribution is -2.39. The Morgan fingerprint density at radius 1 is 1.15 bits per heavy atom. The highest BCUT2D eigenvalue weighted by atomic mass is 32.2. The van der Waals surface area contributed by atoms with E-state index >= 15 is 0 Å². The third-order valence-electron chi connectivity index (χ3n) is 3.02. The zero-order valence-corrected chi connectivity index (χ0v) is 17.4. The number of sulfonamides is 1. The number of likely N-dealkylation sites (N-methyl/N-ethyl adjacent to an activating group) is 1. The highest BCUT2D eigenvalue weighted by Gasteiger charge is 2.23. The van der Waals surface area contributed by atoms with Crippen molar-refractivity contribution in [2.24, 2.45) is 0 Å². The number of nitrogens with zero attached hydrogens (tertiary/aromatic N) is 1. The van der Waals surface area contributed by atoms with Crippen molar-refractivity contribution in [3.05, 3.63) is 24.3 Å². The molecule has 1 rings (SSSR count). The molecule has 8 nitrogen and oxygen atoms in total. The van der Waals surface area contributed by atoms with E-state index < -0.39 is 33.3 Å². The smallest absolute Gasteiger partial charge is 0.326 e. The molecule has 0 fully saturated rings. The average Bonchev–Trinajstić information content (AvgIpc) is 2.45. The van der Waals surface area contributed by atoms with Gasteiger partial charge in [0.2, 0.25) is 15.9 Å². The predicted octanol–water partition coefficient (Wildman–Crippen LogP) is 2.02. The topological polar surface area (TPSA) is 102 Å². The van der Waals surface area contributed by atoms with E-state index in [4.69, 9.17) is 9.47 Å². The van der Waals surface area contributed by atoms with Crippen molar-refractivity contribution < 1.29 is 27.5 Å². The van der Waals surface area contributed by atoms with Crippen molar-refractivity contribution in [1.82, 2.24) is 4.90 Å². The molecule has 1 aromatic rings. The molecule has 0 saturated heterocycles. The van der Waals surface area contributed by atoms with Gasteiger partial charge >= 0.3 is 5.97 Å². The molecule has 0 bridgehead atoms. The first-order chi connectivity index (χ1) is 12.3. The summed E-state index contributed by atoms with van der Waals surface area (Å²) in [6.45, 7) is 8.56. The number of anilines is 1. The van der Waals surface area contributed by atoms with Gasteiger partial charge in [-0.3, -0.25) is 14.3 Å². The summed E-state index contributed by atoms with van der Waals surface area (Å²) < 4.78 is 37.3. The van der Waals surface area contributed by atoms with Gasteiger partial charge in [-0.2, -0.15) is 0 Å². The number of nitrogens with one attached hydrogen (secondary N) is 1. The van der Waals surface area contributed by atoms with Gasteiger partial charge in [0.15, 0.2) is 0 Å². The van der Waals surface area contributed by atoms with Gasteiger partial charge in [0.25, 0.3) is 0 Å². The third-order valence-corrected chi connectivity index (χ3v) is 4.20. The average molecular weight is 400 g/mol. The summed E-state index contributed by atoms with van der Waals surface area (Å²) in [5.41, 5.74) is -0.367. The minimum Gasteiger partial charge on any atom is -0.491 e. The Kier molecular flexibility index (Phi) is 7.65. The Morgan fingerprint density at radius 2 is 1.70 bits per heavy atom. The number of rotatable bonds is 8. The van der Waals surface area contributed by atoms with Gasteiger partial charge in [0, 0.05) is 12.7 Å². The van der Waals surface area contributed by atoms with Gasteiger partial charge in [-0.1, -0.05) is 0 Å². The molecule has 1 aromatic carbocycles. The van der Waals surface area contributed by atoms with Gasteiger partial charge in [-0.05, 0) is 58.9 Å². The Bertz CT molecular complexity index is 751. The minimum absolute atomic E-state index is 0.00525. The quantitative estimate of drug-likeness (QED) is 0.670. The summed E-state index contributed by atoms with van der Waals surface area (Å²) in [6, 6.07) is 6.36. The van der Waals surface area contributed by atoms with E-state index in [0.29, 0.717) is 11.4 Å². The van der Waals surface area contributed by atoms with Gasteiger partial charge in [-0.15, -0.1) is 0 Å². The van der Waals surface area contributed by atoms with E-state index in [2.05, 4.69) is 4.72 Å². The van der Waals surface area contributed by atoms with E-state index in [9.17, 15) is 18.0 Å². The predicted molar refractivity (Wildman–Crippen MR) is 103 cm³/mol. The summed E-state index contributed by atoms with van der Waals surface area (Å²) in [4.78, 5) is 24.9. The van der Waals surface area contributed by atoms with E-state index in [0.717, 1.165) is 4.90 Å². The molecular weight excluding hydrogens is 372 g/mol. The van der Waals surface area contributed by atoms with Crippen molar-refractivity contribution in [3.63, 3.8) is 0 Å². The molecule has 0 saturated carbocycles. The van der Waals surface area contributed by atoms with Gasteiger partial charge < -0.3 is 14.4 Å². The van der Waals surface area contributed by atoms with Crippen LogP contribution < -0.4 is 9.46 Å². The number of hydrogen-bond donors (Lipinski definition) is 1. The second kappa shape index (κ2) is 9.07. The molecule has 0 aliphatic heterocycles. The molecular formula is C18H28N2O6S. The summed E-state index contributed by atoms with van der Waals surface area (Å²) >= 11 is 0. The first-order valence-corrected chi connectivity index (χ1v) is 10.2. The summed E-state index contributed by atoms with van der Waals surface area (Å²) in [5.74, 6) is -1.49. The summed E-state index contributed by atoms with van der Waals surface area (Å²) in [6.07, 6.45) is 0.00525. The normalized spacial score (nSPS) is 11.8. The molecule has 0 spiro atoms. The zero-order valence-electron chi connectivity index (χ0n) is 16.6. The van der Waals surface area contributed by atoms with Gasteiger partial charge in [-0.25, -0.2) is 8.42 Å². The highest BCUT2D eigenvalue weighted by Crippen LogP contribution is 2.18. The van der Waals surface area contributed by atoms with E-state index in [1.807, 2.05) is 13.8 Å². The maximum atomic E-state index is 12.2. The molecule has 0 heterocycles. The zero-order chi connectivity index (χ0) is 20.8. The fourth-order valence-electron chi connectivity index (χ4n) is 2.02. The van der Waals surface area contributed by atoms with E-state index in [1.54, 1.807) is 45.0 Å². The van der Waals surface area contributed by atoms with Crippen LogP contribution in [0.15, 0.2) is 24.3 Å². The van der Waals surface area contributed by atoms with Crippen LogP contribution in [0, 0.1) is 0 Å². The third kappa shape index (κ3) is 9.28. The molecule has 1 amide bonds. The molecule has 1 N–H and O–H groups in total. The van der Waals surface area contributed by atoms with Crippen molar-refractivity contribution in [1.29, 1.82) is 0 Å². The lowest BCUT2D eigenvalue weighted by molar-refractivity contribution is -0.157. The van der Waals surface area contributed by atoms with Crippen LogP contribution >= 0.6 is 0 Å². The maximum absolute atomic E-state index is 12.2. The van der Waals surface area contributed by atoms with Crippen LogP contribution in [0.2, 0.25) is 0 Å². The van der Waals surface area contributed by atoms with Crippen LogP contribution in [0.1, 0.15) is 34.6 Å². The second-order valence-electron chi connectivity index (χ2n) is 7.39. The van der Waals surface area contributed by atoms with Crippen LogP contribution in [-0.2, 0) is 24.3 Å². The van der Waals surface area contributed by atoms with Crippen LogP contribution in [-0.4, -0.2) is 56.2 Å². The molecule has 0 radical (unpaired) electrons. The number of benzene rings is 1. The molecule has 152 valence electrons. The highest BCUT2D eigenvalue weighted by molar-refractivity contribution is 7.93. The van der Waals surface area contributed by atoms with Gasteiger partial charge in [0.05, 0.1) is 6.10 Å². The SMILES string of the molecule is CC(C)Oc1ccc(NS(=O)(=O)CC(=O)N(C)CC(=O)OC(C)(C)C)cc1. The Labute approximate surface area is 160 Å². The standard InChI is InChI=1S/C18H28N2O6S/c1-13(2)25-15-9-7-14(8-10-15)19-27(23,24)12-16(21)20(6)11-17(22)26-18(3,4)5/h7-10,13,19H,11-12H2,1-6H3. The molecule has 0 aromatic heterocycles.